The first-order valence-electron chi connectivity index (χ1n) is 14.6. The fourth-order valence-electron chi connectivity index (χ4n) is 5.23. The van der Waals surface area contributed by atoms with Crippen LogP contribution in [-0.4, -0.2) is 64.5 Å². The van der Waals surface area contributed by atoms with Gasteiger partial charge in [0.25, 0.3) is 5.91 Å². The average molecular weight is 680 g/mol. The van der Waals surface area contributed by atoms with Crippen molar-refractivity contribution in [2.24, 2.45) is 0 Å². The molecule has 1 aliphatic rings. The van der Waals surface area contributed by atoms with Gasteiger partial charge < -0.3 is 15.4 Å². The lowest BCUT2D eigenvalue weighted by molar-refractivity contribution is -0.137. The van der Waals surface area contributed by atoms with Gasteiger partial charge in [-0.25, -0.2) is 18.2 Å². The number of nitrogens with zero attached hydrogens (tertiary/aromatic N) is 5. The maximum Gasteiger partial charge on any atom is 0.416 e. The van der Waals surface area contributed by atoms with Crippen molar-refractivity contribution in [2.45, 2.75) is 24.9 Å². The normalized spacial score (nSPS) is 14.2. The standard InChI is InChI=1S/C32H28F3N7O5S/c1-19-9-10-24(37-29(43)21-5-3-6-22(15-21)32(33,34)35)17-27(19)42-20(2)26-18-36-30(39-28(26)40-31(42)44)38-23-7-4-8-25(16-23)48(45,46)41-11-13-47-14-12-41/h3-10,15-18H,11-14H2,1-2H3,(H,37,43)(H,38,39,40,44). The SMILES string of the molecule is Cc1ccc(NC(=O)c2cccc(C(F)(F)F)c2)cc1-n1c(C)c2cnc(Nc3cccc(S(=O)(=O)N4CCOCC4)c3)nc2nc1=O. The summed E-state index contributed by atoms with van der Waals surface area (Å²) >= 11 is 0. The molecule has 0 radical (unpaired) electrons. The number of halogens is 3. The molecule has 0 spiro atoms. The lowest BCUT2D eigenvalue weighted by Crippen LogP contribution is -2.40. The largest absolute Gasteiger partial charge is 0.416 e. The highest BCUT2D eigenvalue weighted by Gasteiger charge is 2.31. The molecule has 0 bridgehead atoms. The third-order valence-corrected chi connectivity index (χ3v) is 9.64. The summed E-state index contributed by atoms with van der Waals surface area (Å²) in [6.45, 7) is 4.58. The van der Waals surface area contributed by atoms with Crippen LogP contribution in [0, 0.1) is 13.8 Å². The predicted octanol–water partition coefficient (Wildman–Crippen LogP) is 4.83. The molecule has 1 amide bonds. The maximum atomic E-state index is 13.4. The molecule has 3 aromatic carbocycles. The van der Waals surface area contributed by atoms with Crippen molar-refractivity contribution >= 4 is 44.3 Å². The summed E-state index contributed by atoms with van der Waals surface area (Å²) in [5.74, 6) is -0.669. The highest BCUT2D eigenvalue weighted by Crippen LogP contribution is 2.30. The van der Waals surface area contributed by atoms with Crippen LogP contribution < -0.4 is 16.3 Å². The van der Waals surface area contributed by atoms with Gasteiger partial charge in [-0.05, 0) is 67.9 Å². The molecule has 48 heavy (non-hydrogen) atoms. The minimum Gasteiger partial charge on any atom is -0.379 e. The second kappa shape index (κ2) is 12.8. The number of hydrogen-bond donors (Lipinski definition) is 2. The van der Waals surface area contributed by atoms with Crippen molar-refractivity contribution < 1.29 is 31.1 Å². The van der Waals surface area contributed by atoms with Crippen LogP contribution in [0.4, 0.5) is 30.5 Å². The van der Waals surface area contributed by atoms with Crippen molar-refractivity contribution in [1.29, 1.82) is 0 Å². The van der Waals surface area contributed by atoms with Crippen molar-refractivity contribution in [1.82, 2.24) is 23.8 Å². The van der Waals surface area contributed by atoms with Gasteiger partial charge in [0.05, 0.1) is 34.7 Å². The van der Waals surface area contributed by atoms with Gasteiger partial charge in [-0.1, -0.05) is 18.2 Å². The molecule has 3 heterocycles. The number of aromatic nitrogens is 4. The van der Waals surface area contributed by atoms with E-state index >= 15 is 0 Å². The Hall–Kier alpha value is -5.19. The maximum absolute atomic E-state index is 13.4. The van der Waals surface area contributed by atoms with Crippen LogP contribution in [0.25, 0.3) is 16.7 Å². The van der Waals surface area contributed by atoms with Crippen molar-refractivity contribution in [3.8, 4) is 5.69 Å². The highest BCUT2D eigenvalue weighted by atomic mass is 32.2. The van der Waals surface area contributed by atoms with E-state index in [9.17, 15) is 31.2 Å². The van der Waals surface area contributed by atoms with Crippen molar-refractivity contribution in [2.75, 3.05) is 36.9 Å². The van der Waals surface area contributed by atoms with Crippen molar-refractivity contribution in [3.05, 3.63) is 106 Å². The van der Waals surface area contributed by atoms with E-state index in [-0.39, 0.29) is 40.8 Å². The summed E-state index contributed by atoms with van der Waals surface area (Å²) in [5.41, 5.74) is 0.433. The van der Waals surface area contributed by atoms with Crippen LogP contribution >= 0.6 is 0 Å². The van der Waals surface area contributed by atoms with Gasteiger partial charge in [0, 0.05) is 41.9 Å². The number of sulfonamides is 1. The molecule has 0 unspecified atom stereocenters. The Kier molecular flexibility index (Phi) is 8.72. The van der Waals surface area contributed by atoms with Gasteiger partial charge in [-0.3, -0.25) is 9.36 Å². The molecule has 1 fully saturated rings. The van der Waals surface area contributed by atoms with Crippen LogP contribution in [0.2, 0.25) is 0 Å². The number of alkyl halides is 3. The number of anilines is 3. The highest BCUT2D eigenvalue weighted by molar-refractivity contribution is 7.89. The van der Waals surface area contributed by atoms with E-state index in [4.69, 9.17) is 4.74 Å². The van der Waals surface area contributed by atoms with Crippen LogP contribution in [0.1, 0.15) is 27.2 Å². The number of carbonyl (C=O) groups is 1. The average Bonchev–Trinajstić information content (AvgIpc) is 3.06. The summed E-state index contributed by atoms with van der Waals surface area (Å²) < 4.78 is 73.6. The number of carbonyl (C=O) groups excluding carboxylic acids is 1. The second-order valence-electron chi connectivity index (χ2n) is 10.9. The molecule has 6 rings (SSSR count). The predicted molar refractivity (Wildman–Crippen MR) is 171 cm³/mol. The molecule has 0 atom stereocenters. The van der Waals surface area contributed by atoms with E-state index < -0.39 is 33.4 Å². The van der Waals surface area contributed by atoms with Gasteiger partial charge in [0.1, 0.15) is 0 Å². The number of rotatable bonds is 7. The molecule has 2 aromatic heterocycles. The fourth-order valence-corrected chi connectivity index (χ4v) is 6.68. The van der Waals surface area contributed by atoms with E-state index in [2.05, 4.69) is 25.6 Å². The van der Waals surface area contributed by atoms with E-state index in [1.807, 2.05) is 0 Å². The first kappa shape index (κ1) is 32.7. The summed E-state index contributed by atoms with van der Waals surface area (Å²) in [6.07, 6.45) is -3.13. The van der Waals surface area contributed by atoms with Gasteiger partial charge in [-0.15, -0.1) is 0 Å². The van der Waals surface area contributed by atoms with E-state index in [0.717, 1.165) is 18.2 Å². The van der Waals surface area contributed by atoms with E-state index in [1.165, 1.54) is 39.3 Å². The van der Waals surface area contributed by atoms with Gasteiger partial charge in [-0.2, -0.15) is 27.4 Å². The lowest BCUT2D eigenvalue weighted by atomic mass is 10.1. The Morgan fingerprint density at radius 1 is 0.938 bits per heavy atom. The van der Waals surface area contributed by atoms with Crippen molar-refractivity contribution in [3.63, 3.8) is 0 Å². The lowest BCUT2D eigenvalue weighted by Gasteiger charge is -2.26. The summed E-state index contributed by atoms with van der Waals surface area (Å²) in [7, 11) is -3.74. The first-order valence-corrected chi connectivity index (χ1v) is 16.1. The smallest absolute Gasteiger partial charge is 0.379 e. The van der Waals surface area contributed by atoms with E-state index in [1.54, 1.807) is 38.1 Å². The summed E-state index contributed by atoms with van der Waals surface area (Å²) in [6, 6.07) is 15.0. The summed E-state index contributed by atoms with van der Waals surface area (Å²) in [5, 5.41) is 6.01. The Morgan fingerprint density at radius 3 is 2.44 bits per heavy atom. The number of fused-ring (bicyclic) bond motifs is 1. The van der Waals surface area contributed by atoms with Crippen LogP contribution in [-0.2, 0) is 20.9 Å². The number of ether oxygens (including phenoxy) is 1. The Morgan fingerprint density at radius 2 is 1.69 bits per heavy atom. The zero-order valence-electron chi connectivity index (χ0n) is 25.6. The molecule has 0 aliphatic carbocycles. The Labute approximate surface area is 272 Å². The number of amides is 1. The molecule has 1 saturated heterocycles. The fraction of sp³-hybridized carbons (Fsp3) is 0.219. The quantitative estimate of drug-likeness (QED) is 0.247. The topological polar surface area (TPSA) is 148 Å². The van der Waals surface area contributed by atoms with Crippen LogP contribution in [0.3, 0.4) is 0 Å². The number of morpholine rings is 1. The zero-order chi connectivity index (χ0) is 34.2. The van der Waals surface area contributed by atoms with Crippen LogP contribution in [0.5, 0.6) is 0 Å². The number of hydrogen-bond acceptors (Lipinski definition) is 9. The molecular weight excluding hydrogens is 651 g/mol. The molecule has 248 valence electrons. The summed E-state index contributed by atoms with van der Waals surface area (Å²) in [4.78, 5) is 39.2. The third-order valence-electron chi connectivity index (χ3n) is 7.74. The molecule has 0 saturated carbocycles. The molecular formula is C32H28F3N7O5S. The Bertz CT molecular complexity index is 2220. The zero-order valence-corrected chi connectivity index (χ0v) is 26.4. The molecule has 1 aliphatic heterocycles. The van der Waals surface area contributed by atoms with Crippen LogP contribution in [0.15, 0.2) is 82.6 Å². The number of nitrogens with one attached hydrogen (secondary N) is 2. The second-order valence-corrected chi connectivity index (χ2v) is 12.9. The molecule has 2 N–H and O–H groups in total. The van der Waals surface area contributed by atoms with Gasteiger partial charge in [0.2, 0.25) is 16.0 Å². The Balaban J connectivity index is 1.27. The molecule has 5 aromatic rings. The first-order chi connectivity index (χ1) is 22.8. The minimum atomic E-state index is -4.60. The van der Waals surface area contributed by atoms with E-state index in [0.29, 0.717) is 41.2 Å². The molecule has 16 heteroatoms. The number of aryl methyl sites for hydroxylation is 2. The van der Waals surface area contributed by atoms with Gasteiger partial charge >= 0.3 is 11.9 Å². The number of benzene rings is 3. The third kappa shape index (κ3) is 6.62. The monoisotopic (exact) mass is 679 g/mol. The van der Waals surface area contributed by atoms with Gasteiger partial charge in [0.15, 0.2) is 5.65 Å². The minimum absolute atomic E-state index is 0.0861. The molecule has 12 nitrogen and oxygen atoms in total.